The Kier molecular flexibility index (Phi) is 10.6. The zero-order chi connectivity index (χ0) is 28.5. The van der Waals surface area contributed by atoms with Crippen LogP contribution in [0.2, 0.25) is 0 Å². The van der Waals surface area contributed by atoms with Gasteiger partial charge in [-0.1, -0.05) is 38.0 Å². The minimum atomic E-state index is -1.22. The molecule has 38 heavy (non-hydrogen) atoms. The topological polar surface area (TPSA) is 128 Å². The maximum atomic E-state index is 13.9. The Morgan fingerprint density at radius 1 is 1.11 bits per heavy atom. The van der Waals surface area contributed by atoms with E-state index in [1.807, 2.05) is 6.92 Å². The highest BCUT2D eigenvalue weighted by Crippen LogP contribution is 2.27. The quantitative estimate of drug-likeness (QED) is 0.212. The van der Waals surface area contributed by atoms with E-state index in [4.69, 9.17) is 11.2 Å². The SMILES string of the molecule is C#CN(C(=O)C(Cc1ccc(O)cc1)NC(=O)OC(C)(C)C)C(C(=O)NCCCC)c1ccc(O)c(C)c1. The van der Waals surface area contributed by atoms with Gasteiger partial charge in [-0.2, -0.15) is 0 Å². The van der Waals surface area contributed by atoms with Crippen molar-refractivity contribution in [2.75, 3.05) is 6.54 Å². The first-order valence-corrected chi connectivity index (χ1v) is 12.5. The van der Waals surface area contributed by atoms with Gasteiger partial charge < -0.3 is 25.6 Å². The van der Waals surface area contributed by atoms with E-state index in [0.717, 1.165) is 17.7 Å². The van der Waals surface area contributed by atoms with Crippen molar-refractivity contribution in [2.45, 2.75) is 71.6 Å². The Balaban J connectivity index is 2.49. The van der Waals surface area contributed by atoms with Crippen LogP contribution >= 0.6 is 0 Å². The summed E-state index contributed by atoms with van der Waals surface area (Å²) in [5, 5.41) is 25.1. The largest absolute Gasteiger partial charge is 0.508 e. The summed E-state index contributed by atoms with van der Waals surface area (Å²) in [4.78, 5) is 40.8. The normalized spacial score (nSPS) is 12.5. The van der Waals surface area contributed by atoms with Crippen molar-refractivity contribution in [3.05, 3.63) is 59.2 Å². The van der Waals surface area contributed by atoms with Crippen LogP contribution in [0.1, 0.15) is 63.3 Å². The molecule has 0 saturated heterocycles. The van der Waals surface area contributed by atoms with E-state index in [1.165, 1.54) is 24.3 Å². The predicted octanol–water partition coefficient (Wildman–Crippen LogP) is 3.92. The molecule has 0 spiro atoms. The number of aromatic hydroxyl groups is 2. The molecule has 9 nitrogen and oxygen atoms in total. The van der Waals surface area contributed by atoms with Crippen molar-refractivity contribution < 1.29 is 29.3 Å². The number of nitrogens with zero attached hydrogens (tertiary/aromatic N) is 1. The molecule has 0 aliphatic carbocycles. The van der Waals surface area contributed by atoms with Gasteiger partial charge in [0.15, 0.2) is 0 Å². The molecule has 0 aliphatic rings. The summed E-state index contributed by atoms with van der Waals surface area (Å²) in [5.74, 6) is -1.11. The van der Waals surface area contributed by atoms with Gasteiger partial charge in [-0.15, -0.1) is 0 Å². The van der Waals surface area contributed by atoms with Gasteiger partial charge in [-0.3, -0.25) is 14.5 Å². The second kappa shape index (κ2) is 13.4. The van der Waals surface area contributed by atoms with E-state index >= 15 is 0 Å². The van der Waals surface area contributed by atoms with Crippen molar-refractivity contribution in [1.82, 2.24) is 15.5 Å². The molecule has 0 radical (unpaired) electrons. The first-order valence-electron chi connectivity index (χ1n) is 12.5. The molecule has 0 bridgehead atoms. The lowest BCUT2D eigenvalue weighted by atomic mass is 9.99. The molecule has 2 atom stereocenters. The molecule has 0 aliphatic heterocycles. The van der Waals surface area contributed by atoms with E-state index in [0.29, 0.717) is 23.2 Å². The minimum absolute atomic E-state index is 0.0231. The Morgan fingerprint density at radius 3 is 2.32 bits per heavy atom. The summed E-state index contributed by atoms with van der Waals surface area (Å²) in [7, 11) is 0. The third-order valence-electron chi connectivity index (χ3n) is 5.61. The number of benzene rings is 2. The zero-order valence-corrected chi connectivity index (χ0v) is 22.6. The average molecular weight is 524 g/mol. The second-order valence-electron chi connectivity index (χ2n) is 10.00. The number of rotatable bonds is 10. The molecule has 204 valence electrons. The van der Waals surface area contributed by atoms with Crippen molar-refractivity contribution in [1.29, 1.82) is 0 Å². The van der Waals surface area contributed by atoms with Crippen LogP contribution in [0.4, 0.5) is 4.79 Å². The Hall–Kier alpha value is -4.19. The van der Waals surface area contributed by atoms with Gasteiger partial charge in [-0.25, -0.2) is 4.79 Å². The second-order valence-corrected chi connectivity index (χ2v) is 10.00. The van der Waals surface area contributed by atoms with Gasteiger partial charge in [0, 0.05) is 19.0 Å². The average Bonchev–Trinajstić information content (AvgIpc) is 2.83. The van der Waals surface area contributed by atoms with Crippen LogP contribution in [0.25, 0.3) is 0 Å². The van der Waals surface area contributed by atoms with E-state index < -0.39 is 35.6 Å². The smallest absolute Gasteiger partial charge is 0.408 e. The highest BCUT2D eigenvalue weighted by atomic mass is 16.6. The molecule has 0 fully saturated rings. The van der Waals surface area contributed by atoms with Gasteiger partial charge in [0.25, 0.3) is 5.91 Å². The molecule has 2 aromatic rings. The lowest BCUT2D eigenvalue weighted by Crippen LogP contribution is -2.52. The molecule has 2 aromatic carbocycles. The number of terminal acetylenes is 1. The number of aryl methyl sites for hydroxylation is 1. The van der Waals surface area contributed by atoms with Crippen LogP contribution in [-0.4, -0.2) is 51.2 Å². The number of hydrogen-bond acceptors (Lipinski definition) is 6. The van der Waals surface area contributed by atoms with Gasteiger partial charge in [0.2, 0.25) is 5.91 Å². The van der Waals surface area contributed by atoms with Crippen molar-refractivity contribution in [3.63, 3.8) is 0 Å². The number of phenols is 2. The number of unbranched alkanes of at least 4 members (excludes halogenated alkanes) is 1. The van der Waals surface area contributed by atoms with Crippen molar-refractivity contribution in [2.24, 2.45) is 0 Å². The van der Waals surface area contributed by atoms with Gasteiger partial charge in [0.05, 0.1) is 0 Å². The van der Waals surface area contributed by atoms with E-state index in [2.05, 4.69) is 16.7 Å². The van der Waals surface area contributed by atoms with Crippen LogP contribution < -0.4 is 10.6 Å². The van der Waals surface area contributed by atoms with E-state index in [9.17, 15) is 24.6 Å². The maximum absolute atomic E-state index is 13.9. The maximum Gasteiger partial charge on any atom is 0.408 e. The monoisotopic (exact) mass is 523 g/mol. The first-order chi connectivity index (χ1) is 17.9. The van der Waals surface area contributed by atoms with Gasteiger partial charge in [-0.05, 0) is 75.1 Å². The van der Waals surface area contributed by atoms with Gasteiger partial charge in [0.1, 0.15) is 29.2 Å². The van der Waals surface area contributed by atoms with Crippen LogP contribution in [0, 0.1) is 19.4 Å². The Bertz CT molecular complexity index is 1160. The lowest BCUT2D eigenvalue weighted by Gasteiger charge is -2.30. The number of carbonyl (C=O) groups excluding carboxylic acids is 3. The summed E-state index contributed by atoms with van der Waals surface area (Å²) in [6, 6.07) is 10.6. The standard InChI is InChI=1S/C29H37N3O6/c1-7-9-16-30-26(35)25(21-12-15-24(34)19(3)17-21)32(8-2)27(36)23(31-28(37)38-29(4,5)6)18-20-10-13-22(33)14-11-20/h2,10-15,17,23,25,33-34H,7,9,16,18H2,1,3-6H3,(H,30,35)(H,31,37). The summed E-state index contributed by atoms with van der Waals surface area (Å²) >= 11 is 0. The fourth-order valence-corrected chi connectivity index (χ4v) is 3.70. The van der Waals surface area contributed by atoms with Crippen molar-refractivity contribution >= 4 is 17.9 Å². The third kappa shape index (κ3) is 8.73. The lowest BCUT2D eigenvalue weighted by molar-refractivity contribution is -0.138. The molecule has 2 rings (SSSR count). The molecule has 2 unspecified atom stereocenters. The summed E-state index contributed by atoms with van der Waals surface area (Å²) in [6.07, 6.45) is 6.60. The van der Waals surface area contributed by atoms with Crippen molar-refractivity contribution in [3.8, 4) is 24.0 Å². The highest BCUT2D eigenvalue weighted by molar-refractivity contribution is 5.93. The molecule has 9 heteroatoms. The molecular weight excluding hydrogens is 486 g/mol. The number of hydrogen-bond donors (Lipinski definition) is 4. The molecule has 0 aromatic heterocycles. The first kappa shape index (κ1) is 30.0. The Morgan fingerprint density at radius 2 is 1.76 bits per heavy atom. The fourth-order valence-electron chi connectivity index (χ4n) is 3.70. The molecule has 3 amide bonds. The molecule has 0 heterocycles. The summed E-state index contributed by atoms with van der Waals surface area (Å²) in [5.41, 5.74) is 0.735. The van der Waals surface area contributed by atoms with Crippen LogP contribution in [0.3, 0.4) is 0 Å². The summed E-state index contributed by atoms with van der Waals surface area (Å²) in [6.45, 7) is 9.14. The van der Waals surface area contributed by atoms with E-state index in [-0.39, 0.29) is 17.9 Å². The fraction of sp³-hybridized carbons (Fsp3) is 0.414. The predicted molar refractivity (Wildman–Crippen MR) is 144 cm³/mol. The highest BCUT2D eigenvalue weighted by Gasteiger charge is 2.36. The molecule has 4 N–H and O–H groups in total. The minimum Gasteiger partial charge on any atom is -0.508 e. The van der Waals surface area contributed by atoms with Crippen LogP contribution in [-0.2, 0) is 20.7 Å². The van der Waals surface area contributed by atoms with Gasteiger partial charge >= 0.3 is 6.09 Å². The number of ether oxygens (including phenoxy) is 1. The Labute approximate surface area is 224 Å². The summed E-state index contributed by atoms with van der Waals surface area (Å²) < 4.78 is 5.36. The molecule has 0 saturated carbocycles. The number of alkyl carbamates (subject to hydrolysis) is 1. The molecular formula is C29H37N3O6. The number of carbonyl (C=O) groups is 3. The van der Waals surface area contributed by atoms with Crippen LogP contribution in [0.15, 0.2) is 42.5 Å². The number of phenolic OH excluding ortho intramolecular Hbond substituents is 2. The number of nitrogens with one attached hydrogen (secondary N) is 2. The number of amides is 3. The third-order valence-corrected chi connectivity index (χ3v) is 5.61. The van der Waals surface area contributed by atoms with E-state index in [1.54, 1.807) is 45.9 Å². The zero-order valence-electron chi connectivity index (χ0n) is 22.6. The van der Waals surface area contributed by atoms with Crippen LogP contribution in [0.5, 0.6) is 11.5 Å².